The average molecular weight is 421 g/mol. The maximum Gasteiger partial charge on any atom is 0.312 e. The molecule has 3 rings (SSSR count). The molecule has 2 N–H and O–H groups in total. The summed E-state index contributed by atoms with van der Waals surface area (Å²) >= 11 is 0. The van der Waals surface area contributed by atoms with Crippen molar-refractivity contribution in [2.75, 3.05) is 32.7 Å². The molecule has 1 unspecified atom stereocenters. The molecule has 0 saturated carbocycles. The molecule has 1 heterocycles. The number of piperazine rings is 1. The zero-order chi connectivity index (χ0) is 21.8. The van der Waals surface area contributed by atoms with Crippen LogP contribution in [0.5, 0.6) is 0 Å². The Morgan fingerprint density at radius 1 is 1.13 bits per heavy atom. The Morgan fingerprint density at radius 2 is 1.80 bits per heavy atom. The van der Waals surface area contributed by atoms with Gasteiger partial charge in [-0.15, -0.1) is 0 Å². The molecule has 0 spiro atoms. The fraction of sp³-hybridized carbons (Fsp3) is 0.476. The molecule has 9 heteroatoms. The lowest BCUT2D eigenvalue weighted by atomic mass is 10.1. The standard InChI is InChI=1S/C21H25F2N3O4/c1-13(27)3-2-4-24-19(28)21(30)26-7-5-25(6-8-26)20(29)15-9-14-10-16(22)12-18(23)17(14)11-15/h10-13,27H,2-9H2,1H3,(H,24,28). The molecule has 7 nitrogen and oxygen atoms in total. The van der Waals surface area contributed by atoms with Crippen molar-refractivity contribution in [1.29, 1.82) is 0 Å². The largest absolute Gasteiger partial charge is 0.393 e. The molecule has 1 aliphatic carbocycles. The van der Waals surface area contributed by atoms with Crippen LogP contribution in [0.15, 0.2) is 17.7 Å². The number of hydrogen-bond donors (Lipinski definition) is 2. The first kappa shape index (κ1) is 21.9. The molecule has 0 radical (unpaired) electrons. The van der Waals surface area contributed by atoms with Crippen LogP contribution >= 0.6 is 0 Å². The maximum absolute atomic E-state index is 13.9. The van der Waals surface area contributed by atoms with Gasteiger partial charge in [0, 0.05) is 56.3 Å². The fourth-order valence-corrected chi connectivity index (χ4v) is 3.65. The van der Waals surface area contributed by atoms with Gasteiger partial charge in [0.2, 0.25) is 5.91 Å². The van der Waals surface area contributed by atoms with Gasteiger partial charge in [0.05, 0.1) is 6.10 Å². The number of fused-ring (bicyclic) bond motifs is 1. The van der Waals surface area contributed by atoms with Crippen LogP contribution in [0, 0.1) is 11.6 Å². The van der Waals surface area contributed by atoms with Gasteiger partial charge in [0.15, 0.2) is 0 Å². The number of aliphatic hydroxyl groups is 1. The molecule has 1 aromatic carbocycles. The van der Waals surface area contributed by atoms with Gasteiger partial charge in [-0.2, -0.15) is 0 Å². The second-order valence-corrected chi connectivity index (χ2v) is 7.64. The summed E-state index contributed by atoms with van der Waals surface area (Å²) in [5, 5.41) is 11.7. The van der Waals surface area contributed by atoms with Crippen molar-refractivity contribution in [2.24, 2.45) is 0 Å². The number of aliphatic hydroxyl groups excluding tert-OH is 1. The van der Waals surface area contributed by atoms with E-state index < -0.39 is 29.6 Å². The monoisotopic (exact) mass is 421 g/mol. The van der Waals surface area contributed by atoms with Crippen molar-refractivity contribution < 1.29 is 28.3 Å². The Hall–Kier alpha value is -2.81. The van der Waals surface area contributed by atoms with E-state index in [4.69, 9.17) is 0 Å². The van der Waals surface area contributed by atoms with Gasteiger partial charge in [-0.3, -0.25) is 14.4 Å². The van der Waals surface area contributed by atoms with Crippen molar-refractivity contribution in [3.05, 3.63) is 40.5 Å². The summed E-state index contributed by atoms with van der Waals surface area (Å²) in [6.45, 7) is 2.90. The van der Waals surface area contributed by atoms with E-state index in [0.717, 1.165) is 6.07 Å². The van der Waals surface area contributed by atoms with Crippen molar-refractivity contribution in [3.8, 4) is 0 Å². The summed E-state index contributed by atoms with van der Waals surface area (Å²) in [7, 11) is 0. The fourth-order valence-electron chi connectivity index (χ4n) is 3.65. The van der Waals surface area contributed by atoms with Gasteiger partial charge < -0.3 is 20.2 Å². The number of nitrogens with one attached hydrogen (secondary N) is 1. The minimum atomic E-state index is -0.702. The Morgan fingerprint density at radius 3 is 2.47 bits per heavy atom. The smallest absolute Gasteiger partial charge is 0.312 e. The lowest BCUT2D eigenvalue weighted by Gasteiger charge is -2.34. The molecule has 30 heavy (non-hydrogen) atoms. The Bertz CT molecular complexity index is 877. The van der Waals surface area contributed by atoms with Crippen LogP contribution in [0.2, 0.25) is 0 Å². The number of hydrogen-bond acceptors (Lipinski definition) is 4. The van der Waals surface area contributed by atoms with Crippen LogP contribution < -0.4 is 5.32 Å². The second-order valence-electron chi connectivity index (χ2n) is 7.64. The molecule has 2 aliphatic rings. The van der Waals surface area contributed by atoms with Crippen LogP contribution in [0.1, 0.15) is 30.9 Å². The van der Waals surface area contributed by atoms with Crippen molar-refractivity contribution in [3.63, 3.8) is 0 Å². The summed E-state index contributed by atoms with van der Waals surface area (Å²) in [6, 6.07) is 2.02. The predicted octanol–water partition coefficient (Wildman–Crippen LogP) is 0.852. The molecule has 1 aliphatic heterocycles. The topological polar surface area (TPSA) is 89.9 Å². The predicted molar refractivity (Wildman–Crippen MR) is 105 cm³/mol. The first-order valence-electron chi connectivity index (χ1n) is 9.99. The minimum Gasteiger partial charge on any atom is -0.393 e. The number of amides is 3. The first-order valence-corrected chi connectivity index (χ1v) is 9.99. The Balaban J connectivity index is 1.49. The summed E-state index contributed by atoms with van der Waals surface area (Å²) in [4.78, 5) is 39.9. The number of halogens is 2. The number of nitrogens with zero attached hydrogens (tertiary/aromatic N) is 2. The lowest BCUT2D eigenvalue weighted by Crippen LogP contribution is -2.54. The van der Waals surface area contributed by atoms with E-state index in [2.05, 4.69) is 5.32 Å². The van der Waals surface area contributed by atoms with Crippen LogP contribution in [0.3, 0.4) is 0 Å². The van der Waals surface area contributed by atoms with E-state index in [9.17, 15) is 28.3 Å². The SMILES string of the molecule is CC(O)CCCNC(=O)C(=O)N1CCN(C(=O)C2=Cc3c(F)cc(F)cc3C2)CC1. The van der Waals surface area contributed by atoms with E-state index in [-0.39, 0.29) is 44.1 Å². The van der Waals surface area contributed by atoms with Gasteiger partial charge in [-0.25, -0.2) is 8.78 Å². The normalized spacial score (nSPS) is 16.7. The third kappa shape index (κ3) is 5.02. The molecular weight excluding hydrogens is 396 g/mol. The molecular formula is C21H25F2N3O4. The molecule has 0 aromatic heterocycles. The van der Waals surface area contributed by atoms with Crippen molar-refractivity contribution in [1.82, 2.24) is 15.1 Å². The molecule has 1 aromatic rings. The van der Waals surface area contributed by atoms with Gasteiger partial charge in [0.1, 0.15) is 11.6 Å². The third-order valence-corrected chi connectivity index (χ3v) is 5.29. The quantitative estimate of drug-likeness (QED) is 0.545. The number of benzene rings is 1. The zero-order valence-electron chi connectivity index (χ0n) is 16.8. The molecule has 1 fully saturated rings. The molecule has 162 valence electrons. The van der Waals surface area contributed by atoms with E-state index in [1.165, 1.54) is 17.0 Å². The summed E-state index contributed by atoms with van der Waals surface area (Å²) < 4.78 is 27.3. The molecule has 1 atom stereocenters. The Labute approximate surface area is 173 Å². The second kappa shape index (κ2) is 9.34. The summed E-state index contributed by atoms with van der Waals surface area (Å²) in [6.07, 6.45) is 2.26. The van der Waals surface area contributed by atoms with Gasteiger partial charge in [-0.1, -0.05) is 0 Å². The van der Waals surface area contributed by atoms with Crippen LogP contribution in [0.25, 0.3) is 6.08 Å². The van der Waals surface area contributed by atoms with Crippen molar-refractivity contribution in [2.45, 2.75) is 32.3 Å². The average Bonchev–Trinajstić information content (AvgIpc) is 3.14. The molecule has 3 amide bonds. The highest BCUT2D eigenvalue weighted by Crippen LogP contribution is 2.29. The first-order chi connectivity index (χ1) is 14.3. The van der Waals surface area contributed by atoms with Crippen LogP contribution in [-0.2, 0) is 20.8 Å². The van der Waals surface area contributed by atoms with E-state index >= 15 is 0 Å². The lowest BCUT2D eigenvalue weighted by molar-refractivity contribution is -0.148. The highest BCUT2D eigenvalue weighted by atomic mass is 19.1. The molecule has 0 bridgehead atoms. The third-order valence-electron chi connectivity index (χ3n) is 5.29. The minimum absolute atomic E-state index is 0.164. The number of carbonyl (C=O) groups excluding carboxylic acids is 3. The summed E-state index contributed by atoms with van der Waals surface area (Å²) in [5.74, 6) is -3.00. The summed E-state index contributed by atoms with van der Waals surface area (Å²) in [5.41, 5.74) is 1.06. The highest BCUT2D eigenvalue weighted by Gasteiger charge is 2.30. The van der Waals surface area contributed by atoms with E-state index in [1.54, 1.807) is 11.8 Å². The number of carbonyl (C=O) groups is 3. The van der Waals surface area contributed by atoms with Crippen LogP contribution in [-0.4, -0.2) is 71.5 Å². The van der Waals surface area contributed by atoms with Gasteiger partial charge in [0.25, 0.3) is 0 Å². The maximum atomic E-state index is 13.9. The molecule has 1 saturated heterocycles. The van der Waals surface area contributed by atoms with Gasteiger partial charge >= 0.3 is 11.8 Å². The van der Waals surface area contributed by atoms with Crippen molar-refractivity contribution >= 4 is 23.8 Å². The highest BCUT2D eigenvalue weighted by molar-refractivity contribution is 6.35. The van der Waals surface area contributed by atoms with E-state index in [1.807, 2.05) is 0 Å². The zero-order valence-corrected chi connectivity index (χ0v) is 16.8. The van der Waals surface area contributed by atoms with Crippen LogP contribution in [0.4, 0.5) is 8.78 Å². The van der Waals surface area contributed by atoms with E-state index in [0.29, 0.717) is 30.5 Å². The number of rotatable bonds is 5. The Kier molecular flexibility index (Phi) is 6.81. The van der Waals surface area contributed by atoms with Gasteiger partial charge in [-0.05, 0) is 37.5 Å².